The average molecular weight is 352 g/mol. The van der Waals surface area contributed by atoms with Crippen molar-refractivity contribution in [1.82, 2.24) is 15.2 Å². The Bertz CT molecular complexity index is 840. The molecule has 2 rings (SSSR count). The number of hydrogen-bond acceptors (Lipinski definition) is 6. The van der Waals surface area contributed by atoms with Crippen LogP contribution < -0.4 is 5.32 Å². The van der Waals surface area contributed by atoms with Crippen molar-refractivity contribution in [1.29, 1.82) is 0 Å². The Balaban J connectivity index is 2.24. The number of nitrogens with one attached hydrogen (secondary N) is 1. The highest BCUT2D eigenvalue weighted by atomic mass is 32.2. The van der Waals surface area contributed by atoms with E-state index in [9.17, 15) is 12.8 Å². The van der Waals surface area contributed by atoms with Gasteiger partial charge in [-0.1, -0.05) is 19.9 Å². The second-order valence-corrected chi connectivity index (χ2v) is 7.55. The molecular weight excluding hydrogens is 331 g/mol. The maximum atomic E-state index is 14.0. The summed E-state index contributed by atoms with van der Waals surface area (Å²) in [6, 6.07) is 3.76. The number of nitrogens with zero attached hydrogens (tertiary/aromatic N) is 3. The third-order valence-corrected chi connectivity index (χ3v) is 4.84. The van der Waals surface area contributed by atoms with E-state index in [0.29, 0.717) is 11.5 Å². The van der Waals surface area contributed by atoms with Crippen LogP contribution in [-0.4, -0.2) is 29.9 Å². The Hall–Kier alpha value is -2.09. The topological polar surface area (TPSA) is 84.8 Å². The van der Waals surface area contributed by atoms with E-state index in [1.54, 1.807) is 6.07 Å². The van der Waals surface area contributed by atoms with Crippen LogP contribution in [0.2, 0.25) is 0 Å². The third-order valence-electron chi connectivity index (χ3n) is 3.71. The van der Waals surface area contributed by atoms with Crippen molar-refractivity contribution in [3.8, 4) is 0 Å². The fourth-order valence-corrected chi connectivity index (χ4v) is 3.09. The zero-order valence-electron chi connectivity index (χ0n) is 14.2. The lowest BCUT2D eigenvalue weighted by Crippen LogP contribution is -2.13. The van der Waals surface area contributed by atoms with Gasteiger partial charge in [-0.2, -0.15) is 5.10 Å². The van der Waals surface area contributed by atoms with E-state index in [1.165, 1.54) is 12.1 Å². The van der Waals surface area contributed by atoms with Gasteiger partial charge in [-0.25, -0.2) is 17.8 Å². The van der Waals surface area contributed by atoms with Gasteiger partial charge >= 0.3 is 0 Å². The SMILES string of the molecule is CCc1nnc(NC(C)c2ccc(S(C)(=O)=O)c(F)c2)nc1CC. The summed E-state index contributed by atoms with van der Waals surface area (Å²) in [4.78, 5) is 4.12. The van der Waals surface area contributed by atoms with Gasteiger partial charge in [-0.15, -0.1) is 5.10 Å². The van der Waals surface area contributed by atoms with Crippen LogP contribution in [-0.2, 0) is 22.7 Å². The van der Waals surface area contributed by atoms with Crippen LogP contribution in [0.4, 0.5) is 10.3 Å². The maximum absolute atomic E-state index is 14.0. The summed E-state index contributed by atoms with van der Waals surface area (Å²) in [5, 5.41) is 11.3. The minimum atomic E-state index is -3.58. The fourth-order valence-electron chi connectivity index (χ4n) is 2.36. The molecule has 0 bridgehead atoms. The van der Waals surface area contributed by atoms with Crippen molar-refractivity contribution in [3.05, 3.63) is 41.0 Å². The zero-order valence-corrected chi connectivity index (χ0v) is 15.0. The summed E-state index contributed by atoms with van der Waals surface area (Å²) < 4.78 is 37.0. The summed E-state index contributed by atoms with van der Waals surface area (Å²) in [7, 11) is -3.58. The average Bonchev–Trinajstić information content (AvgIpc) is 2.53. The predicted octanol–water partition coefficient (Wildman–Crippen LogP) is 2.71. The summed E-state index contributed by atoms with van der Waals surface area (Å²) in [6.07, 6.45) is 2.49. The molecule has 0 aliphatic heterocycles. The second-order valence-electron chi connectivity index (χ2n) is 5.56. The number of halogens is 1. The monoisotopic (exact) mass is 352 g/mol. The van der Waals surface area contributed by atoms with Crippen LogP contribution in [0, 0.1) is 5.82 Å². The third kappa shape index (κ3) is 4.05. The molecular formula is C16H21FN4O2S. The maximum Gasteiger partial charge on any atom is 0.243 e. The molecule has 0 radical (unpaired) electrons. The van der Waals surface area contributed by atoms with E-state index >= 15 is 0 Å². The van der Waals surface area contributed by atoms with Crippen molar-refractivity contribution in [2.75, 3.05) is 11.6 Å². The molecule has 1 heterocycles. The zero-order chi connectivity index (χ0) is 17.9. The molecule has 24 heavy (non-hydrogen) atoms. The van der Waals surface area contributed by atoms with Gasteiger partial charge in [0.15, 0.2) is 9.84 Å². The Labute approximate surface area is 141 Å². The molecule has 2 aromatic rings. The van der Waals surface area contributed by atoms with Crippen LogP contribution in [0.3, 0.4) is 0 Å². The number of aryl methyl sites for hydroxylation is 2. The Kier molecular flexibility index (Phi) is 5.48. The summed E-state index contributed by atoms with van der Waals surface area (Å²) in [6.45, 7) is 5.81. The lowest BCUT2D eigenvalue weighted by Gasteiger charge is -2.15. The molecule has 0 aliphatic rings. The highest BCUT2D eigenvalue weighted by molar-refractivity contribution is 7.90. The number of rotatable bonds is 6. The van der Waals surface area contributed by atoms with Crippen molar-refractivity contribution in [3.63, 3.8) is 0 Å². The first kappa shape index (κ1) is 18.3. The molecule has 0 aliphatic carbocycles. The van der Waals surface area contributed by atoms with Gasteiger partial charge in [0, 0.05) is 6.26 Å². The molecule has 1 atom stereocenters. The van der Waals surface area contributed by atoms with Crippen molar-refractivity contribution >= 4 is 15.8 Å². The molecule has 8 heteroatoms. The first-order valence-corrected chi connectivity index (χ1v) is 9.63. The van der Waals surface area contributed by atoms with Gasteiger partial charge in [0.05, 0.1) is 17.4 Å². The van der Waals surface area contributed by atoms with Crippen molar-refractivity contribution in [2.24, 2.45) is 0 Å². The van der Waals surface area contributed by atoms with Crippen molar-refractivity contribution < 1.29 is 12.8 Å². The van der Waals surface area contributed by atoms with Crippen molar-refractivity contribution in [2.45, 2.75) is 44.6 Å². The van der Waals surface area contributed by atoms with Gasteiger partial charge in [-0.05, 0) is 37.5 Å². The van der Waals surface area contributed by atoms with E-state index in [4.69, 9.17) is 0 Å². The molecule has 0 saturated carbocycles. The minimum Gasteiger partial charge on any atom is -0.346 e. The molecule has 0 fully saturated rings. The molecule has 1 aromatic carbocycles. The smallest absolute Gasteiger partial charge is 0.243 e. The van der Waals surface area contributed by atoms with Crippen LogP contribution in [0.5, 0.6) is 0 Å². The molecule has 1 aromatic heterocycles. The number of benzene rings is 1. The molecule has 130 valence electrons. The van der Waals surface area contributed by atoms with E-state index in [1.807, 2.05) is 20.8 Å². The van der Waals surface area contributed by atoms with E-state index in [2.05, 4.69) is 20.5 Å². The van der Waals surface area contributed by atoms with Gasteiger partial charge in [0.1, 0.15) is 10.7 Å². The number of aromatic nitrogens is 3. The fraction of sp³-hybridized carbons (Fsp3) is 0.438. The Morgan fingerprint density at radius 3 is 2.38 bits per heavy atom. The van der Waals surface area contributed by atoms with Crippen LogP contribution in [0.1, 0.15) is 43.8 Å². The van der Waals surface area contributed by atoms with Gasteiger partial charge in [-0.3, -0.25) is 0 Å². The normalized spacial score (nSPS) is 12.9. The Morgan fingerprint density at radius 2 is 1.83 bits per heavy atom. The molecule has 1 unspecified atom stereocenters. The highest BCUT2D eigenvalue weighted by Gasteiger charge is 2.16. The molecule has 0 amide bonds. The predicted molar refractivity (Wildman–Crippen MR) is 90.1 cm³/mol. The van der Waals surface area contributed by atoms with Gasteiger partial charge < -0.3 is 5.32 Å². The summed E-state index contributed by atoms with van der Waals surface area (Å²) in [5.74, 6) is -0.401. The lowest BCUT2D eigenvalue weighted by molar-refractivity contribution is 0.568. The standard InChI is InChI=1S/C16H21FN4O2S/c1-5-13-14(6-2)20-21-16(19-13)18-10(3)11-7-8-15(12(17)9-11)24(4,22)23/h7-10H,5-6H2,1-4H3,(H,18,19,21). The van der Waals surface area contributed by atoms with E-state index < -0.39 is 15.7 Å². The van der Waals surface area contributed by atoms with Crippen LogP contribution in [0.15, 0.2) is 23.1 Å². The van der Waals surface area contributed by atoms with Crippen LogP contribution >= 0.6 is 0 Å². The number of hydrogen-bond donors (Lipinski definition) is 1. The first-order valence-electron chi connectivity index (χ1n) is 7.74. The molecule has 0 saturated heterocycles. The lowest BCUT2D eigenvalue weighted by atomic mass is 10.1. The Morgan fingerprint density at radius 1 is 1.17 bits per heavy atom. The number of sulfone groups is 1. The largest absolute Gasteiger partial charge is 0.346 e. The molecule has 1 N–H and O–H groups in total. The van der Waals surface area contributed by atoms with E-state index in [0.717, 1.165) is 30.5 Å². The highest BCUT2D eigenvalue weighted by Crippen LogP contribution is 2.22. The van der Waals surface area contributed by atoms with Crippen LogP contribution in [0.25, 0.3) is 0 Å². The quantitative estimate of drug-likeness (QED) is 0.860. The minimum absolute atomic E-state index is 0.299. The summed E-state index contributed by atoms with van der Waals surface area (Å²) in [5.41, 5.74) is 2.33. The molecule has 6 nitrogen and oxygen atoms in total. The number of anilines is 1. The summed E-state index contributed by atoms with van der Waals surface area (Å²) >= 11 is 0. The first-order chi connectivity index (χ1) is 11.3. The van der Waals surface area contributed by atoms with Gasteiger partial charge in [0.25, 0.3) is 0 Å². The second kappa shape index (κ2) is 7.21. The van der Waals surface area contributed by atoms with E-state index in [-0.39, 0.29) is 10.9 Å². The molecule has 0 spiro atoms. The van der Waals surface area contributed by atoms with Gasteiger partial charge in [0.2, 0.25) is 5.95 Å².